The summed E-state index contributed by atoms with van der Waals surface area (Å²) in [6.07, 6.45) is 0. The Kier molecular flexibility index (Phi) is 4.34. The van der Waals surface area contributed by atoms with Crippen LogP contribution in [0.2, 0.25) is 0 Å². The molecule has 1 aromatic heterocycles. The Morgan fingerprint density at radius 3 is 2.70 bits per heavy atom. The first-order chi connectivity index (χ1) is 11.0. The van der Waals surface area contributed by atoms with E-state index in [0.717, 1.165) is 21.2 Å². The second-order valence-electron chi connectivity index (χ2n) is 5.36. The van der Waals surface area contributed by atoms with Gasteiger partial charge in [0.2, 0.25) is 5.82 Å². The lowest BCUT2D eigenvalue weighted by molar-refractivity contribution is 0.0961. The Balaban J connectivity index is 1.82. The van der Waals surface area contributed by atoms with Gasteiger partial charge in [-0.25, -0.2) is 0 Å². The summed E-state index contributed by atoms with van der Waals surface area (Å²) >= 11 is 3.46. The molecule has 5 nitrogen and oxygen atoms in total. The number of hydrogen-bond donors (Lipinski definition) is 0. The van der Waals surface area contributed by atoms with Gasteiger partial charge in [-0.1, -0.05) is 51.8 Å². The quantitative estimate of drug-likeness (QED) is 0.658. The van der Waals surface area contributed by atoms with E-state index < -0.39 is 0 Å². The Labute approximate surface area is 142 Å². The smallest absolute Gasteiger partial charge is 0.206 e. The molecule has 0 radical (unpaired) electrons. The van der Waals surface area contributed by atoms with Crippen molar-refractivity contribution >= 4 is 21.7 Å². The molecule has 0 unspecified atom stereocenters. The second-order valence-corrected chi connectivity index (χ2v) is 6.22. The summed E-state index contributed by atoms with van der Waals surface area (Å²) in [5.41, 5.74) is 3.63. The van der Waals surface area contributed by atoms with Gasteiger partial charge in [-0.05, 0) is 36.8 Å². The van der Waals surface area contributed by atoms with Gasteiger partial charge in [-0.15, -0.1) is 10.2 Å². The van der Waals surface area contributed by atoms with E-state index >= 15 is 0 Å². The third-order valence-electron chi connectivity index (χ3n) is 3.53. The normalized spacial score (nSPS) is 10.7. The zero-order valence-electron chi connectivity index (χ0n) is 12.8. The molecule has 23 heavy (non-hydrogen) atoms. The summed E-state index contributed by atoms with van der Waals surface area (Å²) in [5.74, 6) is 0.462. The topological polar surface area (TPSA) is 60.7 Å². The molecule has 3 rings (SSSR count). The van der Waals surface area contributed by atoms with Gasteiger partial charge in [0, 0.05) is 15.6 Å². The lowest BCUT2D eigenvalue weighted by atomic mass is 10.0. The highest BCUT2D eigenvalue weighted by molar-refractivity contribution is 9.10. The van der Waals surface area contributed by atoms with Crippen molar-refractivity contribution in [1.29, 1.82) is 0 Å². The predicted molar refractivity (Wildman–Crippen MR) is 91.2 cm³/mol. The number of rotatable bonds is 4. The minimum absolute atomic E-state index is 0.0291. The molecule has 0 aliphatic heterocycles. The molecule has 0 amide bonds. The molecule has 0 bridgehead atoms. The first kappa shape index (κ1) is 15.6. The number of carbonyl (C=O) groups is 1. The highest BCUT2D eigenvalue weighted by atomic mass is 79.9. The molecule has 2 aromatic carbocycles. The third-order valence-corrected chi connectivity index (χ3v) is 4.23. The summed E-state index contributed by atoms with van der Waals surface area (Å²) < 4.78 is 0.889. The van der Waals surface area contributed by atoms with Crippen molar-refractivity contribution in [2.75, 3.05) is 0 Å². The molecule has 0 aliphatic carbocycles. The first-order valence-corrected chi connectivity index (χ1v) is 7.97. The maximum Gasteiger partial charge on any atom is 0.206 e. The molecule has 0 fully saturated rings. The molecule has 1 heterocycles. The van der Waals surface area contributed by atoms with Crippen LogP contribution in [0.25, 0.3) is 11.4 Å². The van der Waals surface area contributed by atoms with Crippen LogP contribution in [-0.2, 0) is 6.54 Å². The molecule has 116 valence electrons. The van der Waals surface area contributed by atoms with E-state index in [2.05, 4.69) is 31.3 Å². The second kappa shape index (κ2) is 6.42. The van der Waals surface area contributed by atoms with Crippen molar-refractivity contribution in [1.82, 2.24) is 20.2 Å². The van der Waals surface area contributed by atoms with Crippen molar-refractivity contribution in [2.45, 2.75) is 20.4 Å². The first-order valence-electron chi connectivity index (χ1n) is 7.18. The van der Waals surface area contributed by atoms with Gasteiger partial charge in [0.05, 0.1) is 0 Å². The maximum absolute atomic E-state index is 12.4. The predicted octanol–water partition coefficient (Wildman–Crippen LogP) is 3.60. The van der Waals surface area contributed by atoms with E-state index in [1.165, 1.54) is 4.80 Å². The minimum atomic E-state index is -0.0291. The van der Waals surface area contributed by atoms with Crippen LogP contribution in [0.1, 0.15) is 21.5 Å². The SMILES string of the molecule is Cc1ccc(C(=O)Cn2nnc(-c3ccccc3Br)n2)c(C)c1. The number of halogens is 1. The molecular weight excluding hydrogens is 356 g/mol. The van der Waals surface area contributed by atoms with Crippen molar-refractivity contribution in [3.05, 3.63) is 63.6 Å². The van der Waals surface area contributed by atoms with Gasteiger partial charge in [-0.3, -0.25) is 4.79 Å². The number of benzene rings is 2. The molecule has 0 N–H and O–H groups in total. The maximum atomic E-state index is 12.4. The van der Waals surface area contributed by atoms with Gasteiger partial charge in [0.1, 0.15) is 6.54 Å². The van der Waals surface area contributed by atoms with Gasteiger partial charge >= 0.3 is 0 Å². The number of carbonyl (C=O) groups excluding carboxylic acids is 1. The van der Waals surface area contributed by atoms with E-state index in [9.17, 15) is 4.79 Å². The zero-order valence-corrected chi connectivity index (χ0v) is 14.4. The Morgan fingerprint density at radius 1 is 1.17 bits per heavy atom. The summed E-state index contributed by atoms with van der Waals surface area (Å²) in [6.45, 7) is 4.01. The number of tetrazole rings is 1. The van der Waals surface area contributed by atoms with Crippen LogP contribution in [0.3, 0.4) is 0 Å². The number of aryl methyl sites for hydroxylation is 2. The molecule has 6 heteroatoms. The molecule has 0 atom stereocenters. The van der Waals surface area contributed by atoms with Gasteiger partial charge < -0.3 is 0 Å². The largest absolute Gasteiger partial charge is 0.292 e. The average molecular weight is 371 g/mol. The van der Waals surface area contributed by atoms with Gasteiger partial charge in [0.25, 0.3) is 0 Å². The van der Waals surface area contributed by atoms with Crippen LogP contribution in [0.5, 0.6) is 0 Å². The highest BCUT2D eigenvalue weighted by Crippen LogP contribution is 2.24. The molecular formula is C17H15BrN4O. The van der Waals surface area contributed by atoms with Crippen LogP contribution in [0.15, 0.2) is 46.9 Å². The zero-order chi connectivity index (χ0) is 16.4. The van der Waals surface area contributed by atoms with Gasteiger partial charge in [-0.2, -0.15) is 4.80 Å². The van der Waals surface area contributed by atoms with Crippen molar-refractivity contribution < 1.29 is 4.79 Å². The Morgan fingerprint density at radius 2 is 1.96 bits per heavy atom. The standard InChI is InChI=1S/C17H15BrN4O/c1-11-7-8-13(12(2)9-11)16(23)10-22-20-17(19-21-22)14-5-3-4-6-15(14)18/h3-9H,10H2,1-2H3. The van der Waals surface area contributed by atoms with E-state index in [1.807, 2.05) is 56.3 Å². The van der Waals surface area contributed by atoms with Crippen molar-refractivity contribution in [2.24, 2.45) is 0 Å². The number of Topliss-reactive ketones (excluding diaryl/α,β-unsaturated/α-hetero) is 1. The lowest BCUT2D eigenvalue weighted by Gasteiger charge is -2.05. The number of hydrogen-bond acceptors (Lipinski definition) is 4. The average Bonchev–Trinajstić information content (AvgIpc) is 2.95. The van der Waals surface area contributed by atoms with Gasteiger partial charge in [0.15, 0.2) is 5.78 Å². The fourth-order valence-corrected chi connectivity index (χ4v) is 2.86. The summed E-state index contributed by atoms with van der Waals surface area (Å²) in [6, 6.07) is 13.4. The molecule has 0 saturated heterocycles. The van der Waals surface area contributed by atoms with Crippen molar-refractivity contribution in [3.8, 4) is 11.4 Å². The number of ketones is 1. The lowest BCUT2D eigenvalue weighted by Crippen LogP contribution is -2.14. The fraction of sp³-hybridized carbons (Fsp3) is 0.176. The van der Waals surface area contributed by atoms with E-state index in [0.29, 0.717) is 11.4 Å². The number of aromatic nitrogens is 4. The molecule has 3 aromatic rings. The monoisotopic (exact) mass is 370 g/mol. The highest BCUT2D eigenvalue weighted by Gasteiger charge is 2.14. The summed E-state index contributed by atoms with van der Waals surface area (Å²) in [7, 11) is 0. The fourth-order valence-electron chi connectivity index (χ4n) is 2.40. The third kappa shape index (κ3) is 3.37. The minimum Gasteiger partial charge on any atom is -0.292 e. The Bertz CT molecular complexity index is 873. The van der Waals surface area contributed by atoms with E-state index in [4.69, 9.17) is 0 Å². The van der Waals surface area contributed by atoms with Crippen LogP contribution >= 0.6 is 15.9 Å². The molecule has 0 spiro atoms. The molecule has 0 aliphatic rings. The van der Waals surface area contributed by atoms with Crippen molar-refractivity contribution in [3.63, 3.8) is 0 Å². The molecule has 0 saturated carbocycles. The summed E-state index contributed by atoms with van der Waals surface area (Å²) in [5, 5.41) is 12.3. The van der Waals surface area contributed by atoms with Crippen LogP contribution in [-0.4, -0.2) is 26.0 Å². The van der Waals surface area contributed by atoms with E-state index in [1.54, 1.807) is 0 Å². The summed E-state index contributed by atoms with van der Waals surface area (Å²) in [4.78, 5) is 13.8. The van der Waals surface area contributed by atoms with Crippen LogP contribution < -0.4 is 0 Å². The Hall–Kier alpha value is -2.34. The van der Waals surface area contributed by atoms with E-state index in [-0.39, 0.29) is 12.3 Å². The number of nitrogens with zero attached hydrogens (tertiary/aromatic N) is 4. The van der Waals surface area contributed by atoms with Crippen LogP contribution in [0, 0.1) is 13.8 Å². The van der Waals surface area contributed by atoms with Crippen LogP contribution in [0.4, 0.5) is 0 Å².